The summed E-state index contributed by atoms with van der Waals surface area (Å²) in [5, 5.41) is 15.8. The number of aliphatic carboxylic acids is 2. The normalized spacial score (nSPS) is 11.1. The number of alkyl halides is 2. The van der Waals surface area contributed by atoms with Crippen molar-refractivity contribution in [3.63, 3.8) is 0 Å². The van der Waals surface area contributed by atoms with Crippen LogP contribution in [0.25, 0.3) is 0 Å². The molecule has 20 heteroatoms. The second-order valence-corrected chi connectivity index (χ2v) is 15.1. The van der Waals surface area contributed by atoms with Crippen molar-refractivity contribution in [2.45, 2.75) is 119 Å². The smallest absolute Gasteiger partial charge is 0.481 e. The first-order valence-corrected chi connectivity index (χ1v) is 17.5. The summed E-state index contributed by atoms with van der Waals surface area (Å²) in [6.07, 6.45) is -2.59. The molecule has 0 aliphatic rings. The van der Waals surface area contributed by atoms with Crippen LogP contribution in [0.15, 0.2) is 0 Å². The van der Waals surface area contributed by atoms with Gasteiger partial charge in [-0.2, -0.15) is 0 Å². The predicted molar refractivity (Wildman–Crippen MR) is 190 cm³/mol. The lowest BCUT2D eigenvalue weighted by molar-refractivity contribution is -0.159. The number of hydrogen-bond donors (Lipinski definition) is 2. The molecule has 314 valence electrons. The summed E-state index contributed by atoms with van der Waals surface area (Å²) < 4.78 is 38.8. The number of halogens is 2. The van der Waals surface area contributed by atoms with Crippen LogP contribution in [0.4, 0.5) is 9.59 Å². The number of carboxylic acid groups (broad SMARTS) is 2. The molecule has 0 aromatic heterocycles. The molecule has 2 N–H and O–H groups in total. The molecule has 0 aromatic rings. The van der Waals surface area contributed by atoms with Gasteiger partial charge in [-0.3, -0.25) is 28.8 Å². The van der Waals surface area contributed by atoms with Crippen LogP contribution in [0, 0.1) is 10.8 Å². The van der Waals surface area contributed by atoms with Gasteiger partial charge in [-0.05, 0) is 41.5 Å². The molecule has 0 aromatic carbocycles. The zero-order valence-corrected chi connectivity index (χ0v) is 34.2. The van der Waals surface area contributed by atoms with Crippen molar-refractivity contribution < 1.29 is 86.5 Å². The fourth-order valence-electron chi connectivity index (χ4n) is 2.87. The van der Waals surface area contributed by atoms with E-state index >= 15 is 0 Å². The van der Waals surface area contributed by atoms with E-state index in [2.05, 4.69) is 9.47 Å². The molecule has 0 atom stereocenters. The summed E-state index contributed by atoms with van der Waals surface area (Å²) in [6, 6.07) is -0.585. The van der Waals surface area contributed by atoms with Crippen molar-refractivity contribution in [2.24, 2.45) is 10.8 Å². The summed E-state index contributed by atoms with van der Waals surface area (Å²) in [7, 11) is 0. The highest BCUT2D eigenvalue weighted by molar-refractivity contribution is 6.17. The molecule has 0 radical (unpaired) electrons. The lowest BCUT2D eigenvalue weighted by Crippen LogP contribution is -2.29. The molecule has 0 saturated heterocycles. The number of rotatable bonds is 19. The number of ether oxygens (including phenoxy) is 8. The lowest BCUT2D eigenvalue weighted by Gasteiger charge is -2.23. The first-order chi connectivity index (χ1) is 24.5. The van der Waals surface area contributed by atoms with E-state index in [1.807, 2.05) is 0 Å². The number of carbonyl (C=O) groups excluding carboxylic acids is 6. The summed E-state index contributed by atoms with van der Waals surface area (Å²) in [5.74, 6) is -4.11. The van der Waals surface area contributed by atoms with E-state index < -0.39 is 70.2 Å². The highest BCUT2D eigenvalue weighted by Gasteiger charge is 2.25. The number of carboxylic acids is 2. The van der Waals surface area contributed by atoms with Crippen LogP contribution in [-0.2, 0) is 66.7 Å². The van der Waals surface area contributed by atoms with Gasteiger partial charge >= 0.3 is 48.1 Å². The molecule has 0 fully saturated rings. The molecule has 0 bridgehead atoms. The van der Waals surface area contributed by atoms with Crippen molar-refractivity contribution in [2.75, 3.05) is 38.6 Å². The van der Waals surface area contributed by atoms with Crippen molar-refractivity contribution in [3.05, 3.63) is 0 Å². The fraction of sp³-hybridized carbons (Fsp3) is 0.765. The molecular formula is C34H56Cl2O18. The highest BCUT2D eigenvalue weighted by atomic mass is 35.5. The Hall–Kier alpha value is -4.06. The standard InChI is InChI=1S/2C15H25ClO7.C4H6O4/c2*1-14(2,3)23-12(18)7-6-11(17)20-8-15(4,5)9-21-13(19)22-10-16;5-3(6)1-2-4(7)8/h2*6-10H2,1-5H3;1-2H2,(H,5,6)(H,7,8). The molecule has 0 spiro atoms. The largest absolute Gasteiger partial charge is 0.509 e. The zero-order valence-electron chi connectivity index (χ0n) is 32.7. The maximum absolute atomic E-state index is 11.6. The van der Waals surface area contributed by atoms with Crippen LogP contribution in [0.3, 0.4) is 0 Å². The maximum Gasteiger partial charge on any atom is 0.509 e. The average Bonchev–Trinajstić information content (AvgIpc) is 3.01. The van der Waals surface area contributed by atoms with Gasteiger partial charge < -0.3 is 48.1 Å². The van der Waals surface area contributed by atoms with Gasteiger partial charge in [0, 0.05) is 10.8 Å². The van der Waals surface area contributed by atoms with Gasteiger partial charge in [0.1, 0.15) is 24.4 Å². The molecule has 0 amide bonds. The molecule has 18 nitrogen and oxygen atoms in total. The maximum atomic E-state index is 11.6. The number of hydrogen-bond acceptors (Lipinski definition) is 16. The number of carbonyl (C=O) groups is 8. The third kappa shape index (κ3) is 40.7. The molecule has 0 heterocycles. The Morgan fingerprint density at radius 3 is 0.907 bits per heavy atom. The van der Waals surface area contributed by atoms with Crippen LogP contribution < -0.4 is 0 Å². The Kier molecular flexibility index (Phi) is 27.7. The molecule has 0 rings (SSSR count). The third-order valence-corrected chi connectivity index (χ3v) is 5.43. The van der Waals surface area contributed by atoms with E-state index in [1.54, 1.807) is 69.2 Å². The Labute approximate surface area is 325 Å². The SMILES string of the molecule is CC(C)(COC(=O)CCC(=O)OC(C)(C)C)COC(=O)OCCl.CC(C)(COC(=O)CCC(=O)OC(C)(C)C)COC(=O)OCCl.O=C(O)CCC(=O)O. The van der Waals surface area contributed by atoms with Crippen LogP contribution in [0.2, 0.25) is 0 Å². The van der Waals surface area contributed by atoms with Gasteiger partial charge in [0.05, 0.1) is 51.7 Å². The Bertz CT molecular complexity index is 1110. The van der Waals surface area contributed by atoms with Gasteiger partial charge in [-0.25, -0.2) is 9.59 Å². The fourth-order valence-corrected chi connectivity index (χ4v) is 3.05. The highest BCUT2D eigenvalue weighted by Crippen LogP contribution is 2.19. The minimum atomic E-state index is -1.08. The third-order valence-electron chi connectivity index (χ3n) is 5.21. The minimum absolute atomic E-state index is 0.00205. The van der Waals surface area contributed by atoms with Gasteiger partial charge in [-0.1, -0.05) is 50.9 Å². The summed E-state index contributed by atoms with van der Waals surface area (Å²) in [6.45, 7) is 17.6. The quantitative estimate of drug-likeness (QED) is 0.0862. The van der Waals surface area contributed by atoms with Crippen LogP contribution in [0.5, 0.6) is 0 Å². The number of esters is 4. The van der Waals surface area contributed by atoms with E-state index in [9.17, 15) is 38.4 Å². The van der Waals surface area contributed by atoms with Gasteiger partial charge in [-0.15, -0.1) is 0 Å². The summed E-state index contributed by atoms with van der Waals surface area (Å²) in [5.41, 5.74) is -2.35. The molecule has 0 aliphatic carbocycles. The van der Waals surface area contributed by atoms with Crippen molar-refractivity contribution in [1.82, 2.24) is 0 Å². The predicted octanol–water partition coefficient (Wildman–Crippen LogP) is 5.99. The molecule has 54 heavy (non-hydrogen) atoms. The van der Waals surface area contributed by atoms with E-state index in [4.69, 9.17) is 61.8 Å². The van der Waals surface area contributed by atoms with Crippen LogP contribution >= 0.6 is 23.2 Å². The van der Waals surface area contributed by atoms with Gasteiger partial charge in [0.2, 0.25) is 0 Å². The topological polar surface area (TPSA) is 251 Å². The summed E-state index contributed by atoms with van der Waals surface area (Å²) in [4.78, 5) is 87.6. The average molecular weight is 824 g/mol. The Morgan fingerprint density at radius 2 is 0.667 bits per heavy atom. The van der Waals surface area contributed by atoms with Crippen LogP contribution in [0.1, 0.15) is 108 Å². The first-order valence-electron chi connectivity index (χ1n) is 16.4. The second kappa shape index (κ2) is 27.5. The zero-order chi connectivity index (χ0) is 42.8. The van der Waals surface area contributed by atoms with E-state index in [1.165, 1.54) is 0 Å². The van der Waals surface area contributed by atoms with E-state index in [0.717, 1.165) is 0 Å². The molecular weight excluding hydrogens is 767 g/mol. The molecule has 0 unspecified atom stereocenters. The second-order valence-electron chi connectivity index (χ2n) is 14.7. The minimum Gasteiger partial charge on any atom is -0.481 e. The van der Waals surface area contributed by atoms with Crippen LogP contribution in [-0.4, -0.2) is 108 Å². The van der Waals surface area contributed by atoms with E-state index in [0.29, 0.717) is 0 Å². The Morgan fingerprint density at radius 1 is 0.407 bits per heavy atom. The monoisotopic (exact) mass is 822 g/mol. The van der Waals surface area contributed by atoms with Gasteiger partial charge in [0.15, 0.2) is 12.1 Å². The first kappa shape index (κ1) is 54.3. The Balaban J connectivity index is -0.000000801. The summed E-state index contributed by atoms with van der Waals surface area (Å²) >= 11 is 10.4. The lowest BCUT2D eigenvalue weighted by atomic mass is 9.96. The molecule has 0 aliphatic heterocycles. The molecule has 0 saturated carbocycles. The van der Waals surface area contributed by atoms with Crippen molar-refractivity contribution >= 4 is 71.3 Å². The van der Waals surface area contributed by atoms with Gasteiger partial charge in [0.25, 0.3) is 0 Å². The van der Waals surface area contributed by atoms with Crippen molar-refractivity contribution in [1.29, 1.82) is 0 Å². The van der Waals surface area contributed by atoms with Crippen molar-refractivity contribution in [3.8, 4) is 0 Å². The van der Waals surface area contributed by atoms with E-state index in [-0.39, 0.29) is 77.1 Å².